The fourth-order valence-corrected chi connectivity index (χ4v) is 2.00. The standard InChI is InChI=1S/C15H12N2/c1-11-14(12-6-3-2-4-7-12)10-13-8-5-9-16-15(13)17-11/h2-10H,1H3. The van der Waals surface area contributed by atoms with Gasteiger partial charge in [-0.25, -0.2) is 9.97 Å². The maximum Gasteiger partial charge on any atom is 0.159 e. The Morgan fingerprint density at radius 2 is 1.76 bits per heavy atom. The molecule has 0 radical (unpaired) electrons. The number of hydrogen-bond donors (Lipinski definition) is 0. The molecular formula is C15H12N2. The van der Waals surface area contributed by atoms with Crippen LogP contribution in [0.25, 0.3) is 22.2 Å². The van der Waals surface area contributed by atoms with Crippen LogP contribution in [0.4, 0.5) is 0 Å². The summed E-state index contributed by atoms with van der Waals surface area (Å²) in [4.78, 5) is 8.81. The van der Waals surface area contributed by atoms with Crippen molar-refractivity contribution >= 4 is 11.0 Å². The molecule has 3 aromatic rings. The summed E-state index contributed by atoms with van der Waals surface area (Å²) in [7, 11) is 0. The first-order valence-electron chi connectivity index (χ1n) is 5.62. The van der Waals surface area contributed by atoms with E-state index in [-0.39, 0.29) is 0 Å². The van der Waals surface area contributed by atoms with E-state index >= 15 is 0 Å². The maximum atomic E-state index is 4.54. The highest BCUT2D eigenvalue weighted by atomic mass is 14.8. The van der Waals surface area contributed by atoms with Gasteiger partial charge in [0, 0.05) is 22.8 Å². The fraction of sp³-hybridized carbons (Fsp3) is 0.0667. The van der Waals surface area contributed by atoms with Gasteiger partial charge in [-0.15, -0.1) is 0 Å². The predicted molar refractivity (Wildman–Crippen MR) is 69.7 cm³/mol. The smallest absolute Gasteiger partial charge is 0.159 e. The molecule has 0 fully saturated rings. The maximum absolute atomic E-state index is 4.54. The van der Waals surface area contributed by atoms with Gasteiger partial charge in [0.15, 0.2) is 5.65 Å². The topological polar surface area (TPSA) is 25.8 Å². The third kappa shape index (κ3) is 1.78. The number of rotatable bonds is 1. The van der Waals surface area contributed by atoms with Crippen molar-refractivity contribution in [1.82, 2.24) is 9.97 Å². The summed E-state index contributed by atoms with van der Waals surface area (Å²) in [5, 5.41) is 1.08. The van der Waals surface area contributed by atoms with Crippen molar-refractivity contribution in [2.45, 2.75) is 6.92 Å². The third-order valence-corrected chi connectivity index (χ3v) is 2.86. The van der Waals surface area contributed by atoms with Gasteiger partial charge in [-0.1, -0.05) is 30.3 Å². The van der Waals surface area contributed by atoms with Gasteiger partial charge in [0.05, 0.1) is 0 Å². The first kappa shape index (κ1) is 9.97. The number of fused-ring (bicyclic) bond motifs is 1. The van der Waals surface area contributed by atoms with Gasteiger partial charge in [0.2, 0.25) is 0 Å². The molecule has 0 N–H and O–H groups in total. The predicted octanol–water partition coefficient (Wildman–Crippen LogP) is 3.61. The molecule has 0 bridgehead atoms. The zero-order valence-corrected chi connectivity index (χ0v) is 9.59. The summed E-state index contributed by atoms with van der Waals surface area (Å²) in [6, 6.07) is 16.5. The zero-order valence-electron chi connectivity index (χ0n) is 9.59. The quantitative estimate of drug-likeness (QED) is 0.626. The lowest BCUT2D eigenvalue weighted by molar-refractivity contribution is 1.20. The van der Waals surface area contributed by atoms with Crippen molar-refractivity contribution in [3.63, 3.8) is 0 Å². The normalized spacial score (nSPS) is 10.6. The molecule has 0 saturated carbocycles. The van der Waals surface area contributed by atoms with Crippen LogP contribution in [-0.4, -0.2) is 9.97 Å². The van der Waals surface area contributed by atoms with Gasteiger partial charge < -0.3 is 0 Å². The molecule has 0 atom stereocenters. The Kier molecular flexibility index (Phi) is 2.33. The second-order valence-electron chi connectivity index (χ2n) is 4.04. The molecule has 0 saturated heterocycles. The van der Waals surface area contributed by atoms with Crippen LogP contribution in [0.3, 0.4) is 0 Å². The summed E-state index contributed by atoms with van der Waals surface area (Å²) in [6.45, 7) is 2.02. The van der Waals surface area contributed by atoms with Crippen LogP contribution in [0.1, 0.15) is 5.69 Å². The van der Waals surface area contributed by atoms with Crippen molar-refractivity contribution < 1.29 is 0 Å². The van der Waals surface area contributed by atoms with Crippen LogP contribution in [-0.2, 0) is 0 Å². The Labute approximate surface area is 100.0 Å². The Morgan fingerprint density at radius 1 is 0.941 bits per heavy atom. The lowest BCUT2D eigenvalue weighted by Crippen LogP contribution is -1.91. The Balaban J connectivity index is 2.27. The van der Waals surface area contributed by atoms with E-state index in [4.69, 9.17) is 0 Å². The lowest BCUT2D eigenvalue weighted by atomic mass is 10.0. The van der Waals surface area contributed by atoms with Crippen LogP contribution in [0, 0.1) is 6.92 Å². The van der Waals surface area contributed by atoms with Gasteiger partial charge in [0.1, 0.15) is 0 Å². The minimum absolute atomic E-state index is 0.810. The van der Waals surface area contributed by atoms with Crippen molar-refractivity contribution in [3.8, 4) is 11.1 Å². The lowest BCUT2D eigenvalue weighted by Gasteiger charge is -2.06. The highest BCUT2D eigenvalue weighted by Crippen LogP contribution is 2.24. The summed E-state index contributed by atoms with van der Waals surface area (Å²) in [5.41, 5.74) is 4.20. The van der Waals surface area contributed by atoms with Crippen LogP contribution in [0.5, 0.6) is 0 Å². The van der Waals surface area contributed by atoms with Crippen LogP contribution < -0.4 is 0 Å². The number of pyridine rings is 2. The van der Waals surface area contributed by atoms with Crippen molar-refractivity contribution in [3.05, 3.63) is 60.4 Å². The fourth-order valence-electron chi connectivity index (χ4n) is 2.00. The highest BCUT2D eigenvalue weighted by Gasteiger charge is 2.05. The summed E-state index contributed by atoms with van der Waals surface area (Å²) < 4.78 is 0. The van der Waals surface area contributed by atoms with Gasteiger partial charge >= 0.3 is 0 Å². The van der Waals surface area contributed by atoms with Crippen LogP contribution in [0.15, 0.2) is 54.7 Å². The van der Waals surface area contributed by atoms with E-state index in [1.807, 2.05) is 37.3 Å². The van der Waals surface area contributed by atoms with E-state index in [1.165, 1.54) is 11.1 Å². The first-order valence-corrected chi connectivity index (χ1v) is 5.62. The number of aromatic nitrogens is 2. The molecule has 3 rings (SSSR count). The van der Waals surface area contributed by atoms with Gasteiger partial charge in [0.25, 0.3) is 0 Å². The largest absolute Gasteiger partial charge is 0.237 e. The molecule has 1 aromatic carbocycles. The average Bonchev–Trinajstić information content (AvgIpc) is 2.39. The molecule has 0 unspecified atom stereocenters. The first-order chi connectivity index (χ1) is 8.34. The second kappa shape index (κ2) is 3.98. The van der Waals surface area contributed by atoms with Gasteiger partial charge in [-0.05, 0) is 30.7 Å². The van der Waals surface area contributed by atoms with Crippen LogP contribution >= 0.6 is 0 Å². The molecule has 2 heterocycles. The molecule has 2 nitrogen and oxygen atoms in total. The Bertz CT molecular complexity index is 660. The summed E-state index contributed by atoms with van der Waals surface area (Å²) >= 11 is 0. The van der Waals surface area contributed by atoms with Crippen molar-refractivity contribution in [2.75, 3.05) is 0 Å². The second-order valence-corrected chi connectivity index (χ2v) is 4.04. The number of benzene rings is 1. The summed E-state index contributed by atoms with van der Waals surface area (Å²) in [5.74, 6) is 0. The molecule has 82 valence electrons. The number of aryl methyl sites for hydroxylation is 1. The number of nitrogens with zero attached hydrogens (tertiary/aromatic N) is 2. The minimum atomic E-state index is 0.810. The van der Waals surface area contributed by atoms with Crippen molar-refractivity contribution in [2.24, 2.45) is 0 Å². The van der Waals surface area contributed by atoms with E-state index < -0.39 is 0 Å². The van der Waals surface area contributed by atoms with E-state index in [1.54, 1.807) is 6.20 Å². The molecule has 0 amide bonds. The number of hydrogen-bond acceptors (Lipinski definition) is 2. The highest BCUT2D eigenvalue weighted by molar-refractivity contribution is 5.82. The SMILES string of the molecule is Cc1nc2ncccc2cc1-c1ccccc1. The third-order valence-electron chi connectivity index (χ3n) is 2.86. The molecular weight excluding hydrogens is 208 g/mol. The van der Waals surface area contributed by atoms with Gasteiger partial charge in [-0.3, -0.25) is 0 Å². The van der Waals surface area contributed by atoms with Crippen LogP contribution in [0.2, 0.25) is 0 Å². The molecule has 0 aliphatic rings. The average molecular weight is 220 g/mol. The zero-order chi connectivity index (χ0) is 11.7. The Morgan fingerprint density at radius 3 is 2.59 bits per heavy atom. The molecule has 2 aromatic heterocycles. The molecule has 2 heteroatoms. The molecule has 0 spiro atoms. The van der Waals surface area contributed by atoms with E-state index in [0.717, 1.165) is 16.7 Å². The van der Waals surface area contributed by atoms with E-state index in [9.17, 15) is 0 Å². The Hall–Kier alpha value is -2.22. The monoisotopic (exact) mass is 220 g/mol. The minimum Gasteiger partial charge on any atom is -0.237 e. The van der Waals surface area contributed by atoms with E-state index in [2.05, 4.69) is 28.2 Å². The van der Waals surface area contributed by atoms with E-state index in [0.29, 0.717) is 0 Å². The molecule has 0 aliphatic carbocycles. The van der Waals surface area contributed by atoms with Gasteiger partial charge in [-0.2, -0.15) is 0 Å². The molecule has 0 aliphatic heterocycles. The van der Waals surface area contributed by atoms with Crippen molar-refractivity contribution in [1.29, 1.82) is 0 Å². The molecule has 17 heavy (non-hydrogen) atoms. The summed E-state index contributed by atoms with van der Waals surface area (Å²) in [6.07, 6.45) is 1.77.